The topological polar surface area (TPSA) is 66.8 Å². The first kappa shape index (κ1) is 15.5. The van der Waals surface area contributed by atoms with Crippen LogP contribution in [0.15, 0.2) is 12.1 Å². The summed E-state index contributed by atoms with van der Waals surface area (Å²) < 4.78 is 5.32. The standard InChI is InChI=1S/C16H21NO4S/c1-10-2-3-14(22-10)12-8-13(12)16(20)17(9-15(18)19)11-4-6-21-7-5-11/h2-3,11-13H,4-9H2,1H3,(H,18,19)/t12-,13+/m1/s1. The molecule has 6 heteroatoms. The van der Waals surface area contributed by atoms with Gasteiger partial charge >= 0.3 is 5.97 Å². The highest BCUT2D eigenvalue weighted by molar-refractivity contribution is 7.12. The summed E-state index contributed by atoms with van der Waals surface area (Å²) in [5.41, 5.74) is 0. The molecule has 1 aromatic rings. The number of rotatable bonds is 5. The van der Waals surface area contributed by atoms with Crippen molar-refractivity contribution in [3.63, 3.8) is 0 Å². The van der Waals surface area contributed by atoms with E-state index >= 15 is 0 Å². The van der Waals surface area contributed by atoms with Crippen molar-refractivity contribution in [2.75, 3.05) is 19.8 Å². The summed E-state index contributed by atoms with van der Waals surface area (Å²) in [4.78, 5) is 28.0. The number of aryl methyl sites for hydroxylation is 1. The molecule has 1 aliphatic heterocycles. The van der Waals surface area contributed by atoms with Gasteiger partial charge < -0.3 is 14.7 Å². The second-order valence-corrected chi connectivity index (χ2v) is 7.42. The fraction of sp³-hybridized carbons (Fsp3) is 0.625. The molecule has 1 aromatic heterocycles. The molecule has 1 aliphatic carbocycles. The van der Waals surface area contributed by atoms with E-state index in [9.17, 15) is 9.59 Å². The minimum Gasteiger partial charge on any atom is -0.480 e. The van der Waals surface area contributed by atoms with Gasteiger partial charge in [0.15, 0.2) is 0 Å². The Labute approximate surface area is 133 Å². The van der Waals surface area contributed by atoms with Crippen LogP contribution in [0.2, 0.25) is 0 Å². The van der Waals surface area contributed by atoms with Crippen LogP contribution in [0.5, 0.6) is 0 Å². The molecule has 1 amide bonds. The maximum absolute atomic E-state index is 12.8. The quantitative estimate of drug-likeness (QED) is 0.902. The van der Waals surface area contributed by atoms with Crippen molar-refractivity contribution in [3.05, 3.63) is 21.9 Å². The van der Waals surface area contributed by atoms with E-state index in [4.69, 9.17) is 9.84 Å². The second kappa shape index (κ2) is 6.38. The largest absolute Gasteiger partial charge is 0.480 e. The first-order valence-electron chi connectivity index (χ1n) is 7.72. The Kier molecular flexibility index (Phi) is 4.49. The lowest BCUT2D eigenvalue weighted by Crippen LogP contribution is -2.46. The summed E-state index contributed by atoms with van der Waals surface area (Å²) in [7, 11) is 0. The molecule has 2 heterocycles. The van der Waals surface area contributed by atoms with Crippen molar-refractivity contribution in [1.29, 1.82) is 0 Å². The van der Waals surface area contributed by atoms with Crippen LogP contribution in [0.3, 0.4) is 0 Å². The predicted octanol–water partition coefficient (Wildman–Crippen LogP) is 2.25. The minimum absolute atomic E-state index is 0.00340. The lowest BCUT2D eigenvalue weighted by molar-refractivity contribution is -0.148. The van der Waals surface area contributed by atoms with Crippen LogP contribution >= 0.6 is 11.3 Å². The molecule has 2 fully saturated rings. The highest BCUT2D eigenvalue weighted by Gasteiger charge is 2.47. The predicted molar refractivity (Wildman–Crippen MR) is 83.1 cm³/mol. The number of carboxylic acids is 1. The van der Waals surface area contributed by atoms with Gasteiger partial charge in [0.05, 0.1) is 0 Å². The molecule has 2 aliphatic rings. The maximum atomic E-state index is 12.8. The Bertz CT molecular complexity index is 564. The van der Waals surface area contributed by atoms with Gasteiger partial charge in [0.2, 0.25) is 5.91 Å². The van der Waals surface area contributed by atoms with Gasteiger partial charge in [0, 0.05) is 40.8 Å². The molecule has 1 N–H and O–H groups in total. The van der Waals surface area contributed by atoms with E-state index in [0.29, 0.717) is 13.2 Å². The molecule has 0 unspecified atom stereocenters. The minimum atomic E-state index is -0.941. The third-order valence-corrected chi connectivity index (χ3v) is 5.59. The van der Waals surface area contributed by atoms with Gasteiger partial charge in [0.1, 0.15) is 6.54 Å². The summed E-state index contributed by atoms with van der Waals surface area (Å²) in [6.07, 6.45) is 2.31. The van der Waals surface area contributed by atoms with Crippen molar-refractivity contribution in [1.82, 2.24) is 4.90 Å². The zero-order chi connectivity index (χ0) is 15.7. The Balaban J connectivity index is 1.68. The Hall–Kier alpha value is -1.40. The molecule has 1 saturated heterocycles. The smallest absolute Gasteiger partial charge is 0.323 e. The molecule has 3 rings (SSSR count). The summed E-state index contributed by atoms with van der Waals surface area (Å²) in [5, 5.41) is 9.13. The molecule has 22 heavy (non-hydrogen) atoms. The molecule has 5 nitrogen and oxygen atoms in total. The number of hydrogen-bond donors (Lipinski definition) is 1. The summed E-state index contributed by atoms with van der Waals surface area (Å²) >= 11 is 1.73. The van der Waals surface area contributed by atoms with Crippen LogP contribution in [0.1, 0.15) is 34.9 Å². The number of thiophene rings is 1. The molecule has 120 valence electrons. The third kappa shape index (κ3) is 3.33. The van der Waals surface area contributed by atoms with Gasteiger partial charge in [-0.2, -0.15) is 0 Å². The number of amides is 1. The number of ether oxygens (including phenoxy) is 1. The fourth-order valence-electron chi connectivity index (χ4n) is 3.18. The Morgan fingerprint density at radius 3 is 2.68 bits per heavy atom. The zero-order valence-electron chi connectivity index (χ0n) is 12.7. The Morgan fingerprint density at radius 1 is 1.36 bits per heavy atom. The van der Waals surface area contributed by atoms with E-state index in [1.165, 1.54) is 9.75 Å². The van der Waals surface area contributed by atoms with Crippen LogP contribution in [-0.2, 0) is 14.3 Å². The van der Waals surface area contributed by atoms with Gasteiger partial charge in [-0.1, -0.05) is 0 Å². The van der Waals surface area contributed by atoms with Gasteiger partial charge in [-0.15, -0.1) is 11.3 Å². The molecule has 0 aromatic carbocycles. The van der Waals surface area contributed by atoms with E-state index in [-0.39, 0.29) is 30.3 Å². The van der Waals surface area contributed by atoms with E-state index in [2.05, 4.69) is 19.1 Å². The molecule has 0 bridgehead atoms. The number of carboxylic acid groups (broad SMARTS) is 1. The average molecular weight is 323 g/mol. The number of nitrogens with zero attached hydrogens (tertiary/aromatic N) is 1. The van der Waals surface area contributed by atoms with Crippen molar-refractivity contribution < 1.29 is 19.4 Å². The molecule has 2 atom stereocenters. The van der Waals surface area contributed by atoms with Crippen LogP contribution in [0.4, 0.5) is 0 Å². The second-order valence-electron chi connectivity index (χ2n) is 6.10. The third-order valence-electron chi connectivity index (χ3n) is 4.45. The lowest BCUT2D eigenvalue weighted by Gasteiger charge is -2.33. The van der Waals surface area contributed by atoms with Gasteiger partial charge in [-0.05, 0) is 38.3 Å². The Morgan fingerprint density at radius 2 is 2.09 bits per heavy atom. The number of aliphatic carboxylic acids is 1. The van der Waals surface area contributed by atoms with Gasteiger partial charge in [-0.3, -0.25) is 9.59 Å². The summed E-state index contributed by atoms with van der Waals surface area (Å²) in [5.74, 6) is -0.697. The monoisotopic (exact) mass is 323 g/mol. The van der Waals surface area contributed by atoms with Crippen molar-refractivity contribution in [2.24, 2.45) is 5.92 Å². The highest BCUT2D eigenvalue weighted by Crippen LogP contribution is 2.50. The molecular weight excluding hydrogens is 302 g/mol. The molecular formula is C16H21NO4S. The van der Waals surface area contributed by atoms with Gasteiger partial charge in [-0.25, -0.2) is 0 Å². The summed E-state index contributed by atoms with van der Waals surface area (Å²) in [6, 6.07) is 4.17. The van der Waals surface area contributed by atoms with Crippen LogP contribution in [0, 0.1) is 12.8 Å². The highest BCUT2D eigenvalue weighted by atomic mass is 32.1. The van der Waals surface area contributed by atoms with E-state index in [1.807, 2.05) is 0 Å². The molecule has 0 radical (unpaired) electrons. The zero-order valence-corrected chi connectivity index (χ0v) is 13.5. The van der Waals surface area contributed by atoms with Crippen LogP contribution in [-0.4, -0.2) is 47.7 Å². The van der Waals surface area contributed by atoms with E-state index in [0.717, 1.165) is 19.3 Å². The SMILES string of the molecule is Cc1ccc([C@@H]2C[C@@H]2C(=O)N(CC(=O)O)C2CCOCC2)s1. The van der Waals surface area contributed by atoms with Crippen molar-refractivity contribution in [3.8, 4) is 0 Å². The summed E-state index contributed by atoms with van der Waals surface area (Å²) in [6.45, 7) is 3.07. The first-order chi connectivity index (χ1) is 10.6. The van der Waals surface area contributed by atoms with E-state index < -0.39 is 5.97 Å². The number of carbonyl (C=O) groups is 2. The van der Waals surface area contributed by atoms with Crippen LogP contribution < -0.4 is 0 Å². The first-order valence-corrected chi connectivity index (χ1v) is 8.54. The van der Waals surface area contributed by atoms with E-state index in [1.54, 1.807) is 16.2 Å². The van der Waals surface area contributed by atoms with Gasteiger partial charge in [0.25, 0.3) is 0 Å². The normalized spacial score (nSPS) is 25.0. The van der Waals surface area contributed by atoms with Crippen molar-refractivity contribution in [2.45, 2.75) is 38.1 Å². The molecule has 0 spiro atoms. The average Bonchev–Trinajstić information content (AvgIpc) is 3.19. The van der Waals surface area contributed by atoms with Crippen LogP contribution in [0.25, 0.3) is 0 Å². The lowest BCUT2D eigenvalue weighted by atomic mass is 10.1. The van der Waals surface area contributed by atoms with Crippen molar-refractivity contribution >= 4 is 23.2 Å². The maximum Gasteiger partial charge on any atom is 0.323 e. The number of hydrogen-bond acceptors (Lipinski definition) is 4. The fourth-order valence-corrected chi connectivity index (χ4v) is 4.23. The number of carbonyl (C=O) groups excluding carboxylic acids is 1. The molecule has 1 saturated carbocycles.